The van der Waals surface area contributed by atoms with Crippen molar-refractivity contribution in [2.24, 2.45) is 5.73 Å². The van der Waals surface area contributed by atoms with E-state index < -0.39 is 11.9 Å². The highest BCUT2D eigenvalue weighted by Gasteiger charge is 2.48. The summed E-state index contributed by atoms with van der Waals surface area (Å²) < 4.78 is 47.9. The molecule has 5 heterocycles. The van der Waals surface area contributed by atoms with Crippen molar-refractivity contribution in [3.63, 3.8) is 0 Å². The SMILES string of the molecule is CNCc1cc(OC2CCN(C3CC(CN)(n4cc(-c5ncnc6[nH]ccc56)cn4)C3)CC2)nc(C(F)(F)F)c1. The monoisotopic (exact) mass is 555 g/mol. The van der Waals surface area contributed by atoms with Crippen molar-refractivity contribution < 1.29 is 17.9 Å². The summed E-state index contributed by atoms with van der Waals surface area (Å²) in [6.45, 7) is 2.38. The molecule has 4 aromatic rings. The van der Waals surface area contributed by atoms with E-state index in [9.17, 15) is 13.2 Å². The third kappa shape index (κ3) is 5.04. The first-order valence-corrected chi connectivity index (χ1v) is 13.4. The summed E-state index contributed by atoms with van der Waals surface area (Å²) in [6.07, 6.45) is 5.72. The Labute approximate surface area is 229 Å². The Kier molecular flexibility index (Phi) is 6.97. The molecule has 1 aliphatic heterocycles. The zero-order valence-corrected chi connectivity index (χ0v) is 22.2. The average molecular weight is 556 g/mol. The Balaban J connectivity index is 1.07. The standard InChI is InChI=1S/C27H32F3N9O/c1-32-12-17-8-22(27(28,29)30)37-23(9-17)40-20-3-6-38(7-4-20)19-10-26(11-19,15-31)39-14-18(13-36-39)24-21-2-5-33-25(21)35-16-34-24/h2,5,8-9,13-14,16,19-20,32H,3-4,6-7,10-12,15,31H2,1H3,(H,33,34,35). The summed E-state index contributed by atoms with van der Waals surface area (Å²) in [6, 6.07) is 4.96. The predicted molar refractivity (Wildman–Crippen MR) is 142 cm³/mol. The van der Waals surface area contributed by atoms with Gasteiger partial charge >= 0.3 is 6.18 Å². The molecule has 0 unspecified atom stereocenters. The van der Waals surface area contributed by atoms with Crippen molar-refractivity contribution in [2.45, 2.75) is 56.1 Å². The third-order valence-corrected chi connectivity index (χ3v) is 8.12. The second kappa shape index (κ2) is 10.5. The van der Waals surface area contributed by atoms with Crippen molar-refractivity contribution in [1.29, 1.82) is 0 Å². The first-order valence-electron chi connectivity index (χ1n) is 13.4. The number of piperidine rings is 1. The van der Waals surface area contributed by atoms with Crippen LogP contribution in [0.5, 0.6) is 5.88 Å². The van der Waals surface area contributed by atoms with Gasteiger partial charge in [-0.1, -0.05) is 0 Å². The van der Waals surface area contributed by atoms with Crippen molar-refractivity contribution in [2.75, 3.05) is 26.7 Å². The number of aromatic nitrogens is 6. The maximum Gasteiger partial charge on any atom is 0.433 e. The molecule has 10 nitrogen and oxygen atoms in total. The number of hydrogen-bond donors (Lipinski definition) is 3. The zero-order valence-electron chi connectivity index (χ0n) is 22.2. The van der Waals surface area contributed by atoms with E-state index >= 15 is 0 Å². The molecule has 0 atom stereocenters. The second-order valence-corrected chi connectivity index (χ2v) is 10.7. The van der Waals surface area contributed by atoms with E-state index in [0.717, 1.165) is 67.1 Å². The minimum atomic E-state index is -4.52. The summed E-state index contributed by atoms with van der Waals surface area (Å²) in [4.78, 5) is 18.0. The summed E-state index contributed by atoms with van der Waals surface area (Å²) in [5.41, 5.74) is 8.11. The third-order valence-electron chi connectivity index (χ3n) is 8.12. The number of fused-ring (bicyclic) bond motifs is 1. The molecule has 0 bridgehead atoms. The van der Waals surface area contributed by atoms with Crippen LogP contribution in [0.3, 0.4) is 0 Å². The van der Waals surface area contributed by atoms with Gasteiger partial charge in [0, 0.05) is 61.6 Å². The quantitative estimate of drug-likeness (QED) is 0.303. The number of hydrogen-bond acceptors (Lipinski definition) is 8. The number of nitrogens with one attached hydrogen (secondary N) is 2. The van der Waals surface area contributed by atoms with Crippen LogP contribution in [-0.2, 0) is 18.3 Å². The Morgan fingerprint density at radius 3 is 2.73 bits per heavy atom. The summed E-state index contributed by atoms with van der Waals surface area (Å²) >= 11 is 0. The molecule has 0 amide bonds. The van der Waals surface area contributed by atoms with Gasteiger partial charge in [-0.2, -0.15) is 18.3 Å². The van der Waals surface area contributed by atoms with E-state index in [-0.39, 0.29) is 17.5 Å². The number of aromatic amines is 1. The van der Waals surface area contributed by atoms with E-state index in [1.54, 1.807) is 19.4 Å². The number of alkyl halides is 3. The maximum atomic E-state index is 13.3. The fourth-order valence-corrected chi connectivity index (χ4v) is 5.93. The molecule has 1 saturated heterocycles. The molecule has 2 fully saturated rings. The molecule has 4 aromatic heterocycles. The molecule has 0 radical (unpaired) electrons. The van der Waals surface area contributed by atoms with E-state index in [0.29, 0.717) is 24.7 Å². The van der Waals surface area contributed by atoms with Gasteiger partial charge in [-0.15, -0.1) is 0 Å². The van der Waals surface area contributed by atoms with Crippen molar-refractivity contribution in [3.8, 4) is 17.1 Å². The van der Waals surface area contributed by atoms with Crippen molar-refractivity contribution in [3.05, 3.63) is 54.4 Å². The van der Waals surface area contributed by atoms with E-state index in [2.05, 4.69) is 35.3 Å². The molecular weight excluding hydrogens is 523 g/mol. The number of rotatable bonds is 8. The number of nitrogens with zero attached hydrogens (tertiary/aromatic N) is 6. The lowest BCUT2D eigenvalue weighted by molar-refractivity contribution is -0.141. The van der Waals surface area contributed by atoms with Crippen LogP contribution in [-0.4, -0.2) is 73.4 Å². The van der Waals surface area contributed by atoms with Crippen molar-refractivity contribution >= 4 is 11.0 Å². The largest absolute Gasteiger partial charge is 0.474 e. The van der Waals surface area contributed by atoms with Gasteiger partial charge in [0.2, 0.25) is 5.88 Å². The molecule has 40 heavy (non-hydrogen) atoms. The minimum absolute atomic E-state index is 0.0272. The normalized spacial score (nSPS) is 22.5. The predicted octanol–water partition coefficient (Wildman–Crippen LogP) is 3.31. The summed E-state index contributed by atoms with van der Waals surface area (Å²) in [5.74, 6) is 0.0272. The summed E-state index contributed by atoms with van der Waals surface area (Å²) in [7, 11) is 1.69. The van der Waals surface area contributed by atoms with Crippen LogP contribution >= 0.6 is 0 Å². The number of ether oxygens (including phenoxy) is 1. The lowest BCUT2D eigenvalue weighted by Gasteiger charge is -2.52. The lowest BCUT2D eigenvalue weighted by Crippen LogP contribution is -2.61. The molecule has 1 aliphatic carbocycles. The van der Waals surface area contributed by atoms with Crippen LogP contribution in [0.4, 0.5) is 13.2 Å². The highest BCUT2D eigenvalue weighted by molar-refractivity contribution is 5.89. The number of likely N-dealkylation sites (tertiary alicyclic amines) is 1. The molecule has 0 spiro atoms. The number of H-pyrrole nitrogens is 1. The Morgan fingerprint density at radius 2 is 2.00 bits per heavy atom. The van der Waals surface area contributed by atoms with Gasteiger partial charge in [0.1, 0.15) is 23.8 Å². The van der Waals surface area contributed by atoms with Crippen molar-refractivity contribution in [1.82, 2.24) is 39.9 Å². The molecule has 4 N–H and O–H groups in total. The molecule has 13 heteroatoms. The topological polar surface area (TPSA) is 123 Å². The van der Waals surface area contributed by atoms with Gasteiger partial charge in [-0.3, -0.25) is 9.58 Å². The molecular formula is C27H32F3N9O. The maximum absolute atomic E-state index is 13.3. The average Bonchev–Trinajstić information content (AvgIpc) is 3.59. The Morgan fingerprint density at radius 1 is 1.20 bits per heavy atom. The molecule has 0 aromatic carbocycles. The van der Waals surface area contributed by atoms with Gasteiger partial charge in [-0.05, 0) is 50.4 Å². The van der Waals surface area contributed by atoms with Crippen LogP contribution in [0.25, 0.3) is 22.3 Å². The van der Waals surface area contributed by atoms with E-state index in [1.807, 2.05) is 29.3 Å². The van der Waals surface area contributed by atoms with Crippen LogP contribution < -0.4 is 15.8 Å². The number of nitrogens with two attached hydrogens (primary N) is 1. The van der Waals surface area contributed by atoms with Crippen LogP contribution in [0.1, 0.15) is 36.9 Å². The number of pyridine rings is 1. The summed E-state index contributed by atoms with van der Waals surface area (Å²) in [5, 5.41) is 8.50. The molecule has 6 rings (SSSR count). The van der Waals surface area contributed by atoms with Gasteiger partial charge in [0.15, 0.2) is 0 Å². The van der Waals surface area contributed by atoms with Gasteiger partial charge in [0.05, 0.1) is 17.4 Å². The molecule has 1 saturated carbocycles. The van der Waals surface area contributed by atoms with E-state index in [1.165, 1.54) is 0 Å². The highest BCUT2D eigenvalue weighted by Crippen LogP contribution is 2.43. The lowest BCUT2D eigenvalue weighted by atomic mass is 9.71. The molecule has 212 valence electrons. The van der Waals surface area contributed by atoms with Gasteiger partial charge < -0.3 is 20.8 Å². The first kappa shape index (κ1) is 26.7. The van der Waals surface area contributed by atoms with Crippen LogP contribution in [0.15, 0.2) is 43.1 Å². The Hall–Kier alpha value is -3.55. The fraction of sp³-hybridized carbons (Fsp3) is 0.481. The second-order valence-electron chi connectivity index (χ2n) is 10.7. The number of halogens is 3. The smallest absolute Gasteiger partial charge is 0.433 e. The van der Waals surface area contributed by atoms with Crippen LogP contribution in [0.2, 0.25) is 0 Å². The minimum Gasteiger partial charge on any atom is -0.474 e. The Bertz CT molecular complexity index is 1470. The van der Waals surface area contributed by atoms with E-state index in [4.69, 9.17) is 10.5 Å². The fourth-order valence-electron chi connectivity index (χ4n) is 5.93. The highest BCUT2D eigenvalue weighted by atomic mass is 19.4. The van der Waals surface area contributed by atoms with Gasteiger partial charge in [0.25, 0.3) is 0 Å². The molecule has 2 aliphatic rings. The first-order chi connectivity index (χ1) is 19.3. The van der Waals surface area contributed by atoms with Gasteiger partial charge in [-0.25, -0.2) is 15.0 Å². The van der Waals surface area contributed by atoms with Crippen LogP contribution in [0, 0.1) is 0 Å². The zero-order chi connectivity index (χ0) is 27.9.